The van der Waals surface area contributed by atoms with Crippen LogP contribution in [0, 0.1) is 5.92 Å². The minimum absolute atomic E-state index is 0.0407. The van der Waals surface area contributed by atoms with Gasteiger partial charge in [-0.05, 0) is 79.4 Å². The molecule has 0 unspecified atom stereocenters. The molecule has 4 aromatic heterocycles. The van der Waals surface area contributed by atoms with Gasteiger partial charge >= 0.3 is 0 Å². The molecule has 38 heavy (non-hydrogen) atoms. The van der Waals surface area contributed by atoms with E-state index < -0.39 is 0 Å². The van der Waals surface area contributed by atoms with E-state index in [1.54, 1.807) is 22.7 Å². The van der Waals surface area contributed by atoms with Gasteiger partial charge in [0.15, 0.2) is 27.3 Å². The summed E-state index contributed by atoms with van der Waals surface area (Å²) in [5.74, 6) is 3.12. The van der Waals surface area contributed by atoms with Gasteiger partial charge in [0.2, 0.25) is 0 Å². The molecule has 5 nitrogen and oxygen atoms in total. The van der Waals surface area contributed by atoms with Crippen LogP contribution in [0.4, 0.5) is 0 Å². The Bertz CT molecular complexity index is 1680. The summed E-state index contributed by atoms with van der Waals surface area (Å²) < 4.78 is 14.4. The number of carbonyl (C=O) groups is 1. The van der Waals surface area contributed by atoms with Crippen LogP contribution in [0.25, 0.3) is 54.1 Å². The molecule has 6 aromatic rings. The Labute approximate surface area is 226 Å². The number of allylic oxidation sites excluding steroid dienone is 2. The van der Waals surface area contributed by atoms with Crippen molar-refractivity contribution in [1.82, 2.24) is 9.97 Å². The molecule has 0 bridgehead atoms. The monoisotopic (exact) mass is 534 g/mol. The predicted octanol–water partition coefficient (Wildman–Crippen LogP) is 8.89. The average molecular weight is 535 g/mol. The SMILES string of the molecule is CC1CC(=Cc2ccc(-c3nc4ccccc4s3)o2)C(=O)C(=Cc2ccc(-c3nc4ccccc4s3)o2)C1. The second-order valence-corrected chi connectivity index (χ2v) is 11.6. The third kappa shape index (κ3) is 4.34. The molecule has 0 N–H and O–H groups in total. The molecule has 2 aromatic carbocycles. The first kappa shape index (κ1) is 23.1. The molecule has 0 atom stereocenters. The van der Waals surface area contributed by atoms with Crippen molar-refractivity contribution in [3.8, 4) is 21.5 Å². The van der Waals surface area contributed by atoms with E-state index in [0.29, 0.717) is 41.8 Å². The van der Waals surface area contributed by atoms with Crippen LogP contribution >= 0.6 is 22.7 Å². The van der Waals surface area contributed by atoms with Gasteiger partial charge in [0.1, 0.15) is 11.5 Å². The van der Waals surface area contributed by atoms with Crippen LogP contribution in [0.3, 0.4) is 0 Å². The van der Waals surface area contributed by atoms with E-state index in [2.05, 4.69) is 29.0 Å². The minimum Gasteiger partial charge on any atom is -0.454 e. The van der Waals surface area contributed by atoms with Gasteiger partial charge in [-0.3, -0.25) is 4.79 Å². The first-order valence-electron chi connectivity index (χ1n) is 12.5. The maximum absolute atomic E-state index is 13.4. The summed E-state index contributed by atoms with van der Waals surface area (Å²) in [4.78, 5) is 22.8. The van der Waals surface area contributed by atoms with Crippen molar-refractivity contribution < 1.29 is 13.6 Å². The number of carbonyl (C=O) groups excluding carboxylic acids is 1. The number of fused-ring (bicyclic) bond motifs is 2. The summed E-state index contributed by atoms with van der Waals surface area (Å²) in [5.41, 5.74) is 3.41. The number of Topliss-reactive ketones (excluding diaryl/α,β-unsaturated/α-hetero) is 1. The van der Waals surface area contributed by atoms with E-state index >= 15 is 0 Å². The standard InChI is InChI=1S/C31H22N2O3S2/c1-18-14-19(16-21-10-12-25(35-21)30-32-23-6-2-4-8-27(23)37-30)29(34)20(15-18)17-22-11-13-26(36-22)31-33-24-7-3-5-9-28(24)38-31/h2-13,16-18H,14-15H2,1H3. The molecule has 1 fully saturated rings. The zero-order chi connectivity index (χ0) is 25.6. The molecule has 7 rings (SSSR count). The normalized spacial score (nSPS) is 18.3. The highest BCUT2D eigenvalue weighted by atomic mass is 32.1. The lowest BCUT2D eigenvalue weighted by atomic mass is 9.81. The Morgan fingerprint density at radius 2 is 1.18 bits per heavy atom. The van der Waals surface area contributed by atoms with Crippen molar-refractivity contribution in [3.63, 3.8) is 0 Å². The minimum atomic E-state index is 0.0407. The Hall–Kier alpha value is -4.07. The van der Waals surface area contributed by atoms with Crippen LogP contribution < -0.4 is 0 Å². The first-order chi connectivity index (χ1) is 18.6. The molecule has 186 valence electrons. The van der Waals surface area contributed by atoms with Crippen molar-refractivity contribution in [2.24, 2.45) is 5.92 Å². The van der Waals surface area contributed by atoms with Crippen LogP contribution in [0.1, 0.15) is 31.3 Å². The molecule has 0 amide bonds. The summed E-state index contributed by atoms with van der Waals surface area (Å²) >= 11 is 3.20. The Morgan fingerprint density at radius 1 is 0.711 bits per heavy atom. The fourth-order valence-corrected chi connectivity index (χ4v) is 6.71. The number of rotatable bonds is 4. The Morgan fingerprint density at radius 3 is 1.66 bits per heavy atom. The second kappa shape index (κ2) is 9.35. The van der Waals surface area contributed by atoms with Gasteiger partial charge in [0, 0.05) is 11.1 Å². The molecule has 0 aliphatic heterocycles. The molecule has 1 aliphatic carbocycles. The lowest BCUT2D eigenvalue weighted by molar-refractivity contribution is -0.113. The number of hydrogen-bond acceptors (Lipinski definition) is 7. The van der Waals surface area contributed by atoms with E-state index in [4.69, 9.17) is 8.83 Å². The Kier molecular flexibility index (Phi) is 5.68. The summed E-state index contributed by atoms with van der Waals surface area (Å²) in [7, 11) is 0. The fourth-order valence-electron chi connectivity index (χ4n) is 4.85. The number of thiazole rings is 2. The van der Waals surface area contributed by atoms with Crippen LogP contribution in [0.5, 0.6) is 0 Å². The molecule has 0 radical (unpaired) electrons. The van der Waals surface area contributed by atoms with Crippen molar-refractivity contribution in [3.05, 3.63) is 95.5 Å². The van der Waals surface area contributed by atoms with Gasteiger partial charge in [-0.25, -0.2) is 9.97 Å². The maximum Gasteiger partial charge on any atom is 0.185 e. The largest absolute Gasteiger partial charge is 0.454 e. The van der Waals surface area contributed by atoms with Gasteiger partial charge in [0.05, 0.1) is 20.4 Å². The molecular formula is C31H22N2O3S2. The van der Waals surface area contributed by atoms with Gasteiger partial charge in [0.25, 0.3) is 0 Å². The highest BCUT2D eigenvalue weighted by molar-refractivity contribution is 7.22. The summed E-state index contributed by atoms with van der Waals surface area (Å²) in [5, 5.41) is 1.67. The second-order valence-electron chi connectivity index (χ2n) is 9.56. The maximum atomic E-state index is 13.4. The summed E-state index contributed by atoms with van der Waals surface area (Å²) in [6.45, 7) is 2.16. The Balaban J connectivity index is 1.15. The van der Waals surface area contributed by atoms with Crippen LogP contribution in [-0.4, -0.2) is 15.8 Å². The van der Waals surface area contributed by atoms with E-state index in [1.807, 2.05) is 72.8 Å². The van der Waals surface area contributed by atoms with E-state index in [-0.39, 0.29) is 5.78 Å². The number of aromatic nitrogens is 2. The lowest BCUT2D eigenvalue weighted by Gasteiger charge is -2.22. The number of benzene rings is 2. The first-order valence-corrected chi connectivity index (χ1v) is 14.1. The third-order valence-electron chi connectivity index (χ3n) is 6.62. The summed E-state index contributed by atoms with van der Waals surface area (Å²) in [6, 6.07) is 23.7. The van der Waals surface area contributed by atoms with Gasteiger partial charge < -0.3 is 8.83 Å². The smallest absolute Gasteiger partial charge is 0.185 e. The highest BCUT2D eigenvalue weighted by Crippen LogP contribution is 2.36. The molecule has 0 saturated heterocycles. The molecule has 1 aliphatic rings. The van der Waals surface area contributed by atoms with Crippen molar-refractivity contribution in [2.75, 3.05) is 0 Å². The lowest BCUT2D eigenvalue weighted by Crippen LogP contribution is -2.18. The van der Waals surface area contributed by atoms with Crippen LogP contribution in [0.2, 0.25) is 0 Å². The zero-order valence-corrected chi connectivity index (χ0v) is 22.1. The number of ketones is 1. The van der Waals surface area contributed by atoms with E-state index in [9.17, 15) is 4.79 Å². The van der Waals surface area contributed by atoms with E-state index in [1.165, 1.54) is 0 Å². The molecule has 0 spiro atoms. The molecular weight excluding hydrogens is 512 g/mol. The topological polar surface area (TPSA) is 69.1 Å². The number of furan rings is 2. The zero-order valence-electron chi connectivity index (χ0n) is 20.5. The molecule has 7 heteroatoms. The van der Waals surface area contributed by atoms with Crippen molar-refractivity contribution in [1.29, 1.82) is 0 Å². The van der Waals surface area contributed by atoms with E-state index in [0.717, 1.165) is 41.6 Å². The summed E-state index contributed by atoms with van der Waals surface area (Å²) in [6.07, 6.45) is 5.17. The number of nitrogens with zero attached hydrogens (tertiary/aromatic N) is 2. The van der Waals surface area contributed by atoms with Gasteiger partial charge in [-0.15, -0.1) is 22.7 Å². The highest BCUT2D eigenvalue weighted by Gasteiger charge is 2.26. The third-order valence-corrected chi connectivity index (χ3v) is 8.72. The number of para-hydroxylation sites is 2. The van der Waals surface area contributed by atoms with Crippen molar-refractivity contribution >= 4 is 61.0 Å². The van der Waals surface area contributed by atoms with Crippen molar-refractivity contribution in [2.45, 2.75) is 19.8 Å². The average Bonchev–Trinajstić information content (AvgIpc) is 3.71. The molecule has 4 heterocycles. The van der Waals surface area contributed by atoms with Gasteiger partial charge in [-0.1, -0.05) is 31.2 Å². The predicted molar refractivity (Wildman–Crippen MR) is 154 cm³/mol. The quantitative estimate of drug-likeness (QED) is 0.211. The fraction of sp³-hybridized carbons (Fsp3) is 0.129. The number of hydrogen-bond donors (Lipinski definition) is 0. The van der Waals surface area contributed by atoms with Crippen LogP contribution in [-0.2, 0) is 4.79 Å². The van der Waals surface area contributed by atoms with Gasteiger partial charge in [-0.2, -0.15) is 0 Å². The molecule has 1 saturated carbocycles. The van der Waals surface area contributed by atoms with Crippen LogP contribution in [0.15, 0.2) is 92.8 Å².